The van der Waals surface area contributed by atoms with Gasteiger partial charge in [0.05, 0.1) is 0 Å². The standard InChI is InChI=1S/C16H30N4O4/c1-14(2,3)23-12(21)11(18-13(22)24-15(4,5)6)10-17-9-8-16(7)19-20-16/h11,17H,8-10H2,1-7H3,(H,18,22)/t11-/m0/s1. The Bertz CT molecular complexity index is 485. The van der Waals surface area contributed by atoms with Gasteiger partial charge >= 0.3 is 12.1 Å². The minimum Gasteiger partial charge on any atom is -0.458 e. The lowest BCUT2D eigenvalue weighted by molar-refractivity contribution is -0.157. The highest BCUT2D eigenvalue weighted by Gasteiger charge is 2.33. The van der Waals surface area contributed by atoms with E-state index in [4.69, 9.17) is 9.47 Å². The molecule has 1 rings (SSSR count). The molecule has 0 radical (unpaired) electrons. The first-order chi connectivity index (χ1) is 10.8. The van der Waals surface area contributed by atoms with Crippen LogP contribution in [0.4, 0.5) is 4.79 Å². The molecule has 0 aromatic carbocycles. The minimum absolute atomic E-state index is 0.240. The Morgan fingerprint density at radius 1 is 1.04 bits per heavy atom. The topological polar surface area (TPSA) is 101 Å². The predicted molar refractivity (Wildman–Crippen MR) is 89.8 cm³/mol. The molecular weight excluding hydrogens is 312 g/mol. The zero-order valence-corrected chi connectivity index (χ0v) is 15.7. The quantitative estimate of drug-likeness (QED) is 0.546. The van der Waals surface area contributed by atoms with Crippen LogP contribution in [0.1, 0.15) is 54.9 Å². The maximum Gasteiger partial charge on any atom is 0.408 e. The van der Waals surface area contributed by atoms with Crippen LogP contribution in [-0.4, -0.2) is 48.1 Å². The highest BCUT2D eigenvalue weighted by molar-refractivity contribution is 5.82. The highest BCUT2D eigenvalue weighted by atomic mass is 16.6. The lowest BCUT2D eigenvalue weighted by atomic mass is 10.1. The van der Waals surface area contributed by atoms with Gasteiger partial charge in [0, 0.05) is 13.0 Å². The molecular formula is C16H30N4O4. The molecule has 1 atom stereocenters. The largest absolute Gasteiger partial charge is 0.458 e. The average molecular weight is 342 g/mol. The van der Waals surface area contributed by atoms with Crippen molar-refractivity contribution in [2.24, 2.45) is 10.2 Å². The number of amides is 1. The van der Waals surface area contributed by atoms with Crippen LogP contribution in [0.3, 0.4) is 0 Å². The van der Waals surface area contributed by atoms with Crippen LogP contribution in [0.2, 0.25) is 0 Å². The fourth-order valence-electron chi connectivity index (χ4n) is 1.77. The van der Waals surface area contributed by atoms with Gasteiger partial charge in [-0.2, -0.15) is 10.2 Å². The van der Waals surface area contributed by atoms with Gasteiger partial charge in [0.1, 0.15) is 17.2 Å². The number of rotatable bonds is 7. The van der Waals surface area contributed by atoms with Crippen LogP contribution in [-0.2, 0) is 14.3 Å². The SMILES string of the molecule is CC1(CCNC[C@H](NC(=O)OC(C)(C)C)C(=O)OC(C)(C)C)N=N1. The van der Waals surface area contributed by atoms with E-state index < -0.39 is 29.3 Å². The molecule has 1 aliphatic heterocycles. The maximum absolute atomic E-state index is 12.3. The van der Waals surface area contributed by atoms with Crippen LogP contribution in [0.5, 0.6) is 0 Å². The molecule has 0 fully saturated rings. The number of esters is 1. The van der Waals surface area contributed by atoms with Crippen molar-refractivity contribution in [3.05, 3.63) is 0 Å². The van der Waals surface area contributed by atoms with Crippen molar-refractivity contribution in [2.45, 2.75) is 77.8 Å². The fourth-order valence-corrected chi connectivity index (χ4v) is 1.77. The van der Waals surface area contributed by atoms with Gasteiger partial charge in [0.2, 0.25) is 0 Å². The van der Waals surface area contributed by atoms with E-state index in [1.807, 2.05) is 6.92 Å². The normalized spacial score (nSPS) is 17.1. The first-order valence-corrected chi connectivity index (χ1v) is 8.17. The van der Waals surface area contributed by atoms with Crippen molar-refractivity contribution < 1.29 is 19.1 Å². The molecule has 138 valence electrons. The molecule has 8 nitrogen and oxygen atoms in total. The van der Waals surface area contributed by atoms with Gasteiger partial charge in [-0.05, 0) is 55.0 Å². The summed E-state index contributed by atoms with van der Waals surface area (Å²) in [6.07, 6.45) is 0.0832. The molecule has 24 heavy (non-hydrogen) atoms. The Morgan fingerprint density at radius 2 is 1.58 bits per heavy atom. The summed E-state index contributed by atoms with van der Waals surface area (Å²) in [5.74, 6) is -0.507. The molecule has 0 aromatic heterocycles. The van der Waals surface area contributed by atoms with Crippen molar-refractivity contribution in [2.75, 3.05) is 13.1 Å². The Kier molecular flexibility index (Phi) is 6.32. The fraction of sp³-hybridized carbons (Fsp3) is 0.875. The molecule has 2 N–H and O–H groups in total. The molecule has 1 heterocycles. The Balaban J connectivity index is 2.53. The number of carbonyl (C=O) groups excluding carboxylic acids is 2. The number of nitrogens with zero attached hydrogens (tertiary/aromatic N) is 2. The molecule has 0 saturated carbocycles. The highest BCUT2D eigenvalue weighted by Crippen LogP contribution is 2.29. The zero-order valence-electron chi connectivity index (χ0n) is 15.7. The number of hydrogen-bond acceptors (Lipinski definition) is 7. The predicted octanol–water partition coefficient (Wildman–Crippen LogP) is 2.38. The van der Waals surface area contributed by atoms with Crippen molar-refractivity contribution in [3.63, 3.8) is 0 Å². The summed E-state index contributed by atoms with van der Waals surface area (Å²) < 4.78 is 10.6. The Hall–Kier alpha value is -1.70. The summed E-state index contributed by atoms with van der Waals surface area (Å²) in [6.45, 7) is 13.4. The van der Waals surface area contributed by atoms with Crippen molar-refractivity contribution in [1.82, 2.24) is 10.6 Å². The van der Waals surface area contributed by atoms with E-state index in [0.29, 0.717) is 6.54 Å². The summed E-state index contributed by atoms with van der Waals surface area (Å²) in [6, 6.07) is -0.833. The molecule has 1 aliphatic rings. The van der Waals surface area contributed by atoms with Crippen molar-refractivity contribution in [3.8, 4) is 0 Å². The van der Waals surface area contributed by atoms with E-state index in [0.717, 1.165) is 6.42 Å². The van der Waals surface area contributed by atoms with Crippen LogP contribution < -0.4 is 10.6 Å². The van der Waals surface area contributed by atoms with Gasteiger partial charge in [-0.25, -0.2) is 9.59 Å². The van der Waals surface area contributed by atoms with Gasteiger partial charge in [-0.1, -0.05) is 0 Å². The van der Waals surface area contributed by atoms with E-state index in [-0.39, 0.29) is 12.2 Å². The van der Waals surface area contributed by atoms with E-state index in [1.54, 1.807) is 41.5 Å². The molecule has 0 spiro atoms. The lowest BCUT2D eigenvalue weighted by Gasteiger charge is -2.26. The van der Waals surface area contributed by atoms with E-state index in [9.17, 15) is 9.59 Å². The summed E-state index contributed by atoms with van der Waals surface area (Å²) >= 11 is 0. The van der Waals surface area contributed by atoms with Crippen LogP contribution in [0.25, 0.3) is 0 Å². The molecule has 8 heteroatoms. The van der Waals surface area contributed by atoms with Crippen molar-refractivity contribution in [1.29, 1.82) is 0 Å². The summed E-state index contributed by atoms with van der Waals surface area (Å²) in [4.78, 5) is 24.2. The number of nitrogens with one attached hydrogen (secondary N) is 2. The van der Waals surface area contributed by atoms with Crippen LogP contribution >= 0.6 is 0 Å². The second-order valence-electron chi connectivity index (χ2n) is 8.10. The third kappa shape index (κ3) is 8.81. The molecule has 1 amide bonds. The summed E-state index contributed by atoms with van der Waals surface area (Å²) in [5, 5.41) is 13.5. The molecule has 0 unspecified atom stereocenters. The van der Waals surface area contributed by atoms with Crippen LogP contribution in [0.15, 0.2) is 10.2 Å². The Labute approximate surface area is 143 Å². The zero-order chi connectivity index (χ0) is 18.6. The molecule has 0 aromatic rings. The van der Waals surface area contributed by atoms with E-state index in [1.165, 1.54) is 0 Å². The maximum atomic E-state index is 12.3. The van der Waals surface area contributed by atoms with Gasteiger partial charge in [-0.15, -0.1) is 0 Å². The first-order valence-electron chi connectivity index (χ1n) is 8.17. The van der Waals surface area contributed by atoms with E-state index >= 15 is 0 Å². The van der Waals surface area contributed by atoms with Gasteiger partial charge < -0.3 is 20.1 Å². The molecule has 0 aliphatic carbocycles. The second-order valence-corrected chi connectivity index (χ2v) is 8.10. The summed E-state index contributed by atoms with van der Waals surface area (Å²) in [7, 11) is 0. The average Bonchev–Trinajstić information content (AvgIpc) is 3.07. The third-order valence-corrected chi connectivity index (χ3v) is 2.95. The number of carbonyl (C=O) groups is 2. The van der Waals surface area contributed by atoms with Gasteiger partial charge in [0.25, 0.3) is 0 Å². The Morgan fingerprint density at radius 3 is 2.04 bits per heavy atom. The second kappa shape index (κ2) is 7.46. The number of hydrogen-bond donors (Lipinski definition) is 2. The number of ether oxygens (including phenoxy) is 2. The summed E-state index contributed by atoms with van der Waals surface area (Å²) in [5.41, 5.74) is -1.57. The van der Waals surface area contributed by atoms with Crippen molar-refractivity contribution >= 4 is 12.1 Å². The smallest absolute Gasteiger partial charge is 0.408 e. The number of alkyl carbamates (subject to hydrolysis) is 1. The lowest BCUT2D eigenvalue weighted by Crippen LogP contribution is -2.51. The first kappa shape index (κ1) is 20.3. The van der Waals surface area contributed by atoms with Gasteiger partial charge in [0.15, 0.2) is 5.66 Å². The monoisotopic (exact) mass is 342 g/mol. The van der Waals surface area contributed by atoms with E-state index in [2.05, 4.69) is 20.9 Å². The molecule has 0 saturated heterocycles. The third-order valence-electron chi connectivity index (χ3n) is 2.95. The minimum atomic E-state index is -0.833. The molecule has 0 bridgehead atoms. The van der Waals surface area contributed by atoms with Gasteiger partial charge in [-0.3, -0.25) is 0 Å². The van der Waals surface area contributed by atoms with Crippen LogP contribution in [0, 0.1) is 0 Å².